The van der Waals surface area contributed by atoms with Gasteiger partial charge in [-0.3, -0.25) is 9.78 Å². The van der Waals surface area contributed by atoms with Crippen LogP contribution in [0.1, 0.15) is 18.4 Å². The van der Waals surface area contributed by atoms with Crippen LogP contribution in [0.15, 0.2) is 54.9 Å². The highest BCUT2D eigenvalue weighted by molar-refractivity contribution is 5.85. The molecule has 1 saturated heterocycles. The number of hydrogen-bond acceptors (Lipinski definition) is 5. The summed E-state index contributed by atoms with van der Waals surface area (Å²) < 4.78 is 5.45. The van der Waals surface area contributed by atoms with Crippen molar-refractivity contribution in [3.05, 3.63) is 60.4 Å². The molecule has 2 N–H and O–H groups in total. The summed E-state index contributed by atoms with van der Waals surface area (Å²) in [4.78, 5) is 19.1. The number of aromatic nitrogens is 1. The first kappa shape index (κ1) is 26.2. The van der Waals surface area contributed by atoms with Gasteiger partial charge in [0, 0.05) is 43.7 Å². The fourth-order valence-corrected chi connectivity index (χ4v) is 3.74. The van der Waals surface area contributed by atoms with E-state index in [1.54, 1.807) is 13.3 Å². The van der Waals surface area contributed by atoms with Gasteiger partial charge >= 0.3 is 0 Å². The van der Waals surface area contributed by atoms with E-state index in [1.165, 1.54) is 0 Å². The Labute approximate surface area is 191 Å². The monoisotopic (exact) mass is 454 g/mol. The van der Waals surface area contributed by atoms with Gasteiger partial charge in [-0.15, -0.1) is 24.8 Å². The third kappa shape index (κ3) is 7.76. The maximum absolute atomic E-state index is 12.8. The predicted molar refractivity (Wildman–Crippen MR) is 126 cm³/mol. The van der Waals surface area contributed by atoms with Crippen molar-refractivity contribution in [3.8, 4) is 0 Å². The summed E-state index contributed by atoms with van der Waals surface area (Å²) in [7, 11) is 1.73. The van der Waals surface area contributed by atoms with Crippen LogP contribution in [0.2, 0.25) is 0 Å². The molecule has 8 heteroatoms. The molecule has 1 fully saturated rings. The normalized spacial score (nSPS) is 14.7. The van der Waals surface area contributed by atoms with Gasteiger partial charge in [-0.1, -0.05) is 24.3 Å². The van der Waals surface area contributed by atoms with Gasteiger partial charge in [0.05, 0.1) is 13.2 Å². The molecule has 1 aliphatic heterocycles. The molecule has 2 aromatic rings. The summed E-state index contributed by atoms with van der Waals surface area (Å²) in [5, 5.41) is 6.54. The fourth-order valence-electron chi connectivity index (χ4n) is 3.74. The van der Waals surface area contributed by atoms with Crippen LogP contribution in [0, 0.1) is 5.41 Å². The molecule has 1 aromatic carbocycles. The van der Waals surface area contributed by atoms with E-state index in [9.17, 15) is 4.79 Å². The first-order valence-corrected chi connectivity index (χ1v) is 9.86. The molecule has 0 unspecified atom stereocenters. The Kier molecular flexibility index (Phi) is 11.7. The summed E-state index contributed by atoms with van der Waals surface area (Å²) in [6, 6.07) is 14.0. The van der Waals surface area contributed by atoms with Crippen molar-refractivity contribution in [3.63, 3.8) is 0 Å². The van der Waals surface area contributed by atoms with Crippen molar-refractivity contribution >= 4 is 36.4 Å². The van der Waals surface area contributed by atoms with Gasteiger partial charge in [0.25, 0.3) is 0 Å². The molecule has 166 valence electrons. The average molecular weight is 455 g/mol. The first-order chi connectivity index (χ1) is 13.7. The standard InChI is InChI=1S/C22H30N4O2.2ClH/c1-28-18-22(9-12-23-13-10-22)17-25-21(27)16-26(20-7-3-2-4-8-20)15-19-6-5-11-24-14-19;;/h2-8,11,14,23H,9-10,12-13,15-18H2,1H3,(H,25,27);2*1H. The Morgan fingerprint density at radius 2 is 1.90 bits per heavy atom. The number of anilines is 1. The number of piperidine rings is 1. The third-order valence-electron chi connectivity index (χ3n) is 5.33. The molecule has 0 bridgehead atoms. The minimum Gasteiger partial charge on any atom is -0.384 e. The lowest BCUT2D eigenvalue weighted by molar-refractivity contribution is -0.120. The molecule has 1 aromatic heterocycles. The highest BCUT2D eigenvalue weighted by atomic mass is 35.5. The fraction of sp³-hybridized carbons (Fsp3) is 0.455. The lowest BCUT2D eigenvalue weighted by Crippen LogP contribution is -2.48. The number of rotatable bonds is 9. The predicted octanol–water partition coefficient (Wildman–Crippen LogP) is 3.06. The van der Waals surface area contributed by atoms with Gasteiger partial charge in [0.15, 0.2) is 0 Å². The van der Waals surface area contributed by atoms with E-state index in [0.29, 0.717) is 26.2 Å². The molecule has 0 atom stereocenters. The van der Waals surface area contributed by atoms with Gasteiger partial charge < -0.3 is 20.3 Å². The highest BCUT2D eigenvalue weighted by Gasteiger charge is 2.32. The number of hydrogen-bond donors (Lipinski definition) is 2. The number of methoxy groups -OCH3 is 1. The number of nitrogens with zero attached hydrogens (tertiary/aromatic N) is 2. The van der Waals surface area contributed by atoms with Crippen molar-refractivity contribution in [1.29, 1.82) is 0 Å². The molecule has 1 aliphatic rings. The average Bonchev–Trinajstić information content (AvgIpc) is 2.74. The molecule has 0 spiro atoms. The van der Waals surface area contributed by atoms with Crippen LogP contribution in [0.25, 0.3) is 0 Å². The number of halogens is 2. The Morgan fingerprint density at radius 3 is 2.53 bits per heavy atom. The second kappa shape index (κ2) is 13.4. The topological polar surface area (TPSA) is 66.5 Å². The Bertz CT molecular complexity index is 723. The van der Waals surface area contributed by atoms with Crippen LogP contribution < -0.4 is 15.5 Å². The van der Waals surface area contributed by atoms with E-state index >= 15 is 0 Å². The van der Waals surface area contributed by atoms with Crippen LogP contribution in [0.3, 0.4) is 0 Å². The summed E-state index contributed by atoms with van der Waals surface area (Å²) in [6.07, 6.45) is 5.63. The van der Waals surface area contributed by atoms with Crippen LogP contribution >= 0.6 is 24.8 Å². The summed E-state index contributed by atoms with van der Waals surface area (Å²) in [5.74, 6) is 0.0294. The van der Waals surface area contributed by atoms with Gasteiger partial charge in [-0.05, 0) is 49.7 Å². The van der Waals surface area contributed by atoms with E-state index in [0.717, 1.165) is 37.2 Å². The molecule has 0 radical (unpaired) electrons. The highest BCUT2D eigenvalue weighted by Crippen LogP contribution is 2.28. The molecule has 3 rings (SSSR count). The minimum absolute atomic E-state index is 0. The van der Waals surface area contributed by atoms with E-state index < -0.39 is 0 Å². The quantitative estimate of drug-likeness (QED) is 0.609. The summed E-state index contributed by atoms with van der Waals surface area (Å²) in [6.45, 7) is 4.20. The Hall–Kier alpha value is -1.86. The molecule has 0 saturated carbocycles. The maximum Gasteiger partial charge on any atom is 0.239 e. The van der Waals surface area contributed by atoms with Gasteiger partial charge in [0.2, 0.25) is 5.91 Å². The number of carbonyl (C=O) groups is 1. The van der Waals surface area contributed by atoms with Gasteiger partial charge in [-0.2, -0.15) is 0 Å². The number of amides is 1. The summed E-state index contributed by atoms with van der Waals surface area (Å²) >= 11 is 0. The third-order valence-corrected chi connectivity index (χ3v) is 5.33. The molecule has 2 heterocycles. The van der Waals surface area contributed by atoms with Crippen molar-refractivity contribution in [1.82, 2.24) is 15.6 Å². The second-order valence-electron chi connectivity index (χ2n) is 7.51. The van der Waals surface area contributed by atoms with E-state index in [4.69, 9.17) is 4.74 Å². The van der Waals surface area contributed by atoms with Gasteiger partial charge in [-0.25, -0.2) is 0 Å². The van der Waals surface area contributed by atoms with E-state index in [1.807, 2.05) is 48.7 Å². The minimum atomic E-state index is 0. The molecule has 30 heavy (non-hydrogen) atoms. The number of benzene rings is 1. The maximum atomic E-state index is 12.8. The summed E-state index contributed by atoms with van der Waals surface area (Å²) in [5.41, 5.74) is 2.12. The van der Waals surface area contributed by atoms with Crippen LogP contribution in [-0.2, 0) is 16.1 Å². The van der Waals surface area contributed by atoms with Crippen molar-refractivity contribution < 1.29 is 9.53 Å². The number of para-hydroxylation sites is 1. The van der Waals surface area contributed by atoms with Crippen molar-refractivity contribution in [2.24, 2.45) is 5.41 Å². The molecule has 1 amide bonds. The Morgan fingerprint density at radius 1 is 1.17 bits per heavy atom. The van der Waals surface area contributed by atoms with E-state index in [2.05, 4.69) is 20.5 Å². The Balaban J connectivity index is 0.00000225. The van der Waals surface area contributed by atoms with Crippen LogP contribution in [0.4, 0.5) is 5.69 Å². The molecule has 0 aliphatic carbocycles. The zero-order valence-corrected chi connectivity index (χ0v) is 19.0. The van der Waals surface area contributed by atoms with Crippen molar-refractivity contribution in [2.75, 3.05) is 44.8 Å². The molecular weight excluding hydrogens is 423 g/mol. The molecular formula is C22H32Cl2N4O2. The zero-order chi connectivity index (χ0) is 19.7. The first-order valence-electron chi connectivity index (χ1n) is 9.86. The SMILES string of the molecule is COCC1(CNC(=O)CN(Cc2cccnc2)c2ccccc2)CCNCC1.Cl.Cl. The van der Waals surface area contributed by atoms with Crippen LogP contribution in [-0.4, -0.2) is 50.8 Å². The second-order valence-corrected chi connectivity index (χ2v) is 7.51. The number of pyridine rings is 1. The van der Waals surface area contributed by atoms with E-state index in [-0.39, 0.29) is 36.1 Å². The largest absolute Gasteiger partial charge is 0.384 e. The number of ether oxygens (including phenoxy) is 1. The zero-order valence-electron chi connectivity index (χ0n) is 17.4. The smallest absolute Gasteiger partial charge is 0.239 e. The lowest BCUT2D eigenvalue weighted by Gasteiger charge is -2.37. The van der Waals surface area contributed by atoms with Crippen molar-refractivity contribution in [2.45, 2.75) is 19.4 Å². The van der Waals surface area contributed by atoms with Gasteiger partial charge in [0.1, 0.15) is 0 Å². The molecule has 6 nitrogen and oxygen atoms in total. The lowest BCUT2D eigenvalue weighted by atomic mass is 9.79. The number of carbonyl (C=O) groups excluding carboxylic acids is 1. The number of nitrogens with one attached hydrogen (secondary N) is 2. The van der Waals surface area contributed by atoms with Crippen LogP contribution in [0.5, 0.6) is 0 Å².